The average Bonchev–Trinajstić information content (AvgIpc) is 2.85. The molecular formula is C17H23N3O. The molecule has 1 heterocycles. The second-order valence-corrected chi connectivity index (χ2v) is 5.95. The van der Waals surface area contributed by atoms with E-state index >= 15 is 0 Å². The molecule has 4 nitrogen and oxygen atoms in total. The lowest BCUT2D eigenvalue weighted by molar-refractivity contribution is -0.125. The Balaban J connectivity index is 1.56. The molecule has 1 aliphatic carbocycles. The highest BCUT2D eigenvalue weighted by Gasteiger charge is 2.20. The summed E-state index contributed by atoms with van der Waals surface area (Å²) >= 11 is 0. The molecule has 0 aliphatic heterocycles. The monoisotopic (exact) mass is 285 g/mol. The van der Waals surface area contributed by atoms with Gasteiger partial charge in [-0.3, -0.25) is 4.79 Å². The van der Waals surface area contributed by atoms with Crippen LogP contribution in [0.3, 0.4) is 0 Å². The van der Waals surface area contributed by atoms with Crippen molar-refractivity contribution < 1.29 is 4.79 Å². The third-order valence-electron chi connectivity index (χ3n) is 4.50. The van der Waals surface area contributed by atoms with Crippen molar-refractivity contribution in [1.82, 2.24) is 14.9 Å². The van der Waals surface area contributed by atoms with Gasteiger partial charge in [0, 0.05) is 25.9 Å². The van der Waals surface area contributed by atoms with E-state index in [-0.39, 0.29) is 11.8 Å². The lowest BCUT2D eigenvalue weighted by atomic mass is 9.89. The fourth-order valence-corrected chi connectivity index (χ4v) is 3.23. The number of fused-ring (bicyclic) bond motifs is 1. The summed E-state index contributed by atoms with van der Waals surface area (Å²) in [4.78, 5) is 16.7. The minimum atomic E-state index is 0.230. The van der Waals surface area contributed by atoms with Gasteiger partial charge >= 0.3 is 0 Å². The smallest absolute Gasteiger partial charge is 0.223 e. The number of para-hydroxylation sites is 2. The standard InChI is InChI=1S/C17H23N3O/c1-20-15-10-6-5-9-14(15)19-16(20)11-12-18-17(21)13-7-3-2-4-8-13/h5-6,9-10,13H,2-4,7-8,11-12H2,1H3,(H,18,21). The van der Waals surface area contributed by atoms with E-state index in [0.717, 1.165) is 36.1 Å². The number of aryl methyl sites for hydroxylation is 1. The lowest BCUT2D eigenvalue weighted by Crippen LogP contribution is -2.33. The molecule has 0 radical (unpaired) electrons. The zero-order chi connectivity index (χ0) is 14.7. The van der Waals surface area contributed by atoms with Crippen LogP contribution in [0.1, 0.15) is 37.9 Å². The van der Waals surface area contributed by atoms with Crippen molar-refractivity contribution >= 4 is 16.9 Å². The van der Waals surface area contributed by atoms with E-state index < -0.39 is 0 Å². The van der Waals surface area contributed by atoms with E-state index in [1.165, 1.54) is 19.3 Å². The summed E-state index contributed by atoms with van der Waals surface area (Å²) in [5.74, 6) is 1.49. The highest BCUT2D eigenvalue weighted by molar-refractivity contribution is 5.78. The number of benzene rings is 1. The Morgan fingerprint density at radius 1 is 1.29 bits per heavy atom. The number of carbonyl (C=O) groups is 1. The maximum Gasteiger partial charge on any atom is 0.223 e. The molecule has 0 bridgehead atoms. The Morgan fingerprint density at radius 3 is 2.81 bits per heavy atom. The highest BCUT2D eigenvalue weighted by atomic mass is 16.1. The number of nitrogens with one attached hydrogen (secondary N) is 1. The Bertz CT molecular complexity index is 626. The third-order valence-corrected chi connectivity index (χ3v) is 4.50. The number of hydrogen-bond acceptors (Lipinski definition) is 2. The summed E-state index contributed by atoms with van der Waals surface area (Å²) in [6, 6.07) is 8.13. The van der Waals surface area contributed by atoms with Crippen molar-refractivity contribution in [2.45, 2.75) is 38.5 Å². The van der Waals surface area contributed by atoms with Crippen LogP contribution in [-0.4, -0.2) is 22.0 Å². The van der Waals surface area contributed by atoms with Crippen LogP contribution >= 0.6 is 0 Å². The van der Waals surface area contributed by atoms with Crippen molar-refractivity contribution in [3.8, 4) is 0 Å². The van der Waals surface area contributed by atoms with E-state index in [2.05, 4.69) is 20.9 Å². The van der Waals surface area contributed by atoms with Gasteiger partial charge < -0.3 is 9.88 Å². The first-order valence-corrected chi connectivity index (χ1v) is 7.94. The maximum absolute atomic E-state index is 12.1. The Kier molecular flexibility index (Phi) is 4.23. The minimum Gasteiger partial charge on any atom is -0.355 e. The van der Waals surface area contributed by atoms with Gasteiger partial charge in [0.1, 0.15) is 5.82 Å². The Hall–Kier alpha value is -1.84. The molecule has 0 unspecified atom stereocenters. The molecule has 21 heavy (non-hydrogen) atoms. The van der Waals surface area contributed by atoms with Gasteiger partial charge in [-0.2, -0.15) is 0 Å². The molecule has 1 amide bonds. The summed E-state index contributed by atoms with van der Waals surface area (Å²) in [5.41, 5.74) is 2.17. The lowest BCUT2D eigenvalue weighted by Gasteiger charge is -2.20. The van der Waals surface area contributed by atoms with Crippen LogP contribution in [0.2, 0.25) is 0 Å². The number of nitrogens with zero attached hydrogens (tertiary/aromatic N) is 2. The molecule has 2 aromatic rings. The molecule has 0 saturated heterocycles. The molecule has 3 rings (SSSR count). The summed E-state index contributed by atoms with van der Waals surface area (Å²) < 4.78 is 2.11. The van der Waals surface area contributed by atoms with E-state index in [1.54, 1.807) is 0 Å². The second kappa shape index (κ2) is 6.29. The quantitative estimate of drug-likeness (QED) is 0.939. The molecule has 1 fully saturated rings. The van der Waals surface area contributed by atoms with E-state index in [0.29, 0.717) is 6.54 Å². The number of amides is 1. The molecule has 1 saturated carbocycles. The number of aromatic nitrogens is 2. The van der Waals surface area contributed by atoms with Crippen LogP contribution < -0.4 is 5.32 Å². The van der Waals surface area contributed by atoms with Crippen molar-refractivity contribution in [2.75, 3.05) is 6.54 Å². The number of imidazole rings is 1. The zero-order valence-corrected chi connectivity index (χ0v) is 12.6. The van der Waals surface area contributed by atoms with Crippen LogP contribution in [0.5, 0.6) is 0 Å². The van der Waals surface area contributed by atoms with Crippen LogP contribution in [0.25, 0.3) is 11.0 Å². The Morgan fingerprint density at radius 2 is 2.05 bits per heavy atom. The largest absolute Gasteiger partial charge is 0.355 e. The number of carbonyl (C=O) groups excluding carboxylic acids is 1. The van der Waals surface area contributed by atoms with Gasteiger partial charge in [0.25, 0.3) is 0 Å². The Labute approximate surface area is 125 Å². The average molecular weight is 285 g/mol. The van der Waals surface area contributed by atoms with Crippen molar-refractivity contribution in [3.63, 3.8) is 0 Å². The minimum absolute atomic E-state index is 0.230. The molecule has 1 aliphatic rings. The summed E-state index contributed by atoms with van der Waals surface area (Å²) in [6.45, 7) is 0.673. The normalized spacial score (nSPS) is 16.2. The van der Waals surface area contributed by atoms with Gasteiger partial charge in [-0.15, -0.1) is 0 Å². The fourth-order valence-electron chi connectivity index (χ4n) is 3.23. The molecule has 112 valence electrons. The van der Waals surface area contributed by atoms with Gasteiger partial charge in [0.15, 0.2) is 0 Å². The van der Waals surface area contributed by atoms with Crippen LogP contribution in [0, 0.1) is 5.92 Å². The maximum atomic E-state index is 12.1. The molecule has 1 N–H and O–H groups in total. The third kappa shape index (κ3) is 3.09. The fraction of sp³-hybridized carbons (Fsp3) is 0.529. The van der Waals surface area contributed by atoms with Gasteiger partial charge in [-0.05, 0) is 25.0 Å². The number of hydrogen-bond donors (Lipinski definition) is 1. The van der Waals surface area contributed by atoms with Crippen LogP contribution in [0.15, 0.2) is 24.3 Å². The SMILES string of the molecule is Cn1c(CCNC(=O)C2CCCCC2)nc2ccccc21. The van der Waals surface area contributed by atoms with Crippen molar-refractivity contribution in [1.29, 1.82) is 0 Å². The molecule has 4 heteroatoms. The summed E-state index contributed by atoms with van der Waals surface area (Å²) in [7, 11) is 2.04. The first-order valence-electron chi connectivity index (χ1n) is 7.94. The number of rotatable bonds is 4. The molecule has 0 spiro atoms. The van der Waals surface area contributed by atoms with Gasteiger partial charge in [-0.1, -0.05) is 31.4 Å². The molecule has 0 atom stereocenters. The molecule has 1 aromatic heterocycles. The van der Waals surface area contributed by atoms with Crippen molar-refractivity contribution in [2.24, 2.45) is 13.0 Å². The molecular weight excluding hydrogens is 262 g/mol. The molecule has 1 aromatic carbocycles. The van der Waals surface area contributed by atoms with Gasteiger partial charge in [0.2, 0.25) is 5.91 Å². The highest BCUT2D eigenvalue weighted by Crippen LogP contribution is 2.23. The van der Waals surface area contributed by atoms with E-state index in [1.807, 2.05) is 25.2 Å². The topological polar surface area (TPSA) is 46.9 Å². The van der Waals surface area contributed by atoms with Gasteiger partial charge in [0.05, 0.1) is 11.0 Å². The predicted molar refractivity (Wildman–Crippen MR) is 84.0 cm³/mol. The van der Waals surface area contributed by atoms with Crippen LogP contribution in [0.4, 0.5) is 0 Å². The first kappa shape index (κ1) is 14.1. The van der Waals surface area contributed by atoms with Gasteiger partial charge in [-0.25, -0.2) is 4.98 Å². The second-order valence-electron chi connectivity index (χ2n) is 5.95. The summed E-state index contributed by atoms with van der Waals surface area (Å²) in [6.07, 6.45) is 6.56. The zero-order valence-electron chi connectivity index (χ0n) is 12.6. The predicted octanol–water partition coefficient (Wildman–Crippen LogP) is 2.81. The summed E-state index contributed by atoms with van der Waals surface area (Å²) in [5, 5.41) is 3.08. The van der Waals surface area contributed by atoms with E-state index in [4.69, 9.17) is 0 Å². The van der Waals surface area contributed by atoms with Crippen molar-refractivity contribution in [3.05, 3.63) is 30.1 Å². The first-order chi connectivity index (χ1) is 10.3. The van der Waals surface area contributed by atoms with Crippen LogP contribution in [-0.2, 0) is 18.3 Å². The van der Waals surface area contributed by atoms with E-state index in [9.17, 15) is 4.79 Å².